The Morgan fingerprint density at radius 2 is 2.14 bits per heavy atom. The predicted molar refractivity (Wildman–Crippen MR) is 84.9 cm³/mol. The van der Waals surface area contributed by atoms with Crippen LogP contribution in [0.25, 0.3) is 0 Å². The number of aliphatic hydroxyl groups excluding tert-OH is 1. The fraction of sp³-hybridized carbons (Fsp3) is 0.714. The van der Waals surface area contributed by atoms with Crippen molar-refractivity contribution in [1.29, 1.82) is 0 Å². The van der Waals surface area contributed by atoms with E-state index in [0.29, 0.717) is 18.0 Å². The third-order valence-electron chi connectivity index (χ3n) is 3.84. The minimum absolute atomic E-state index is 0.0633. The molecule has 0 unspecified atom stereocenters. The average Bonchev–Trinajstić information content (AvgIpc) is 2.97. The third kappa shape index (κ3) is 3.93. The lowest BCUT2D eigenvalue weighted by Crippen LogP contribution is -2.52. The molecule has 1 aliphatic rings. The van der Waals surface area contributed by atoms with Crippen LogP contribution in [0.4, 0.5) is 5.13 Å². The summed E-state index contributed by atoms with van der Waals surface area (Å²) in [6, 6.07) is 0.214. The van der Waals surface area contributed by atoms with Crippen molar-refractivity contribution in [3.05, 3.63) is 11.1 Å². The Hall–Kier alpha value is -1.18. The summed E-state index contributed by atoms with van der Waals surface area (Å²) in [4.78, 5) is 21.5. The highest BCUT2D eigenvalue weighted by molar-refractivity contribution is 7.17. The third-order valence-corrected chi connectivity index (χ3v) is 4.79. The first-order chi connectivity index (χ1) is 10.2. The molecule has 0 bridgehead atoms. The molecular formula is C14H24N4O2S. The Kier molecular flexibility index (Phi) is 5.96. The first-order valence-corrected chi connectivity index (χ1v) is 8.35. The maximum Gasteiger partial charge on any atom is 0.265 e. The highest BCUT2D eigenvalue weighted by Gasteiger charge is 2.26. The first kappa shape index (κ1) is 16.2. The molecule has 1 aliphatic heterocycles. The number of anilines is 1. The summed E-state index contributed by atoms with van der Waals surface area (Å²) in [6.07, 6.45) is 2.59. The Morgan fingerprint density at radius 3 is 2.71 bits per heavy atom. The second-order valence-corrected chi connectivity index (χ2v) is 6.16. The van der Waals surface area contributed by atoms with E-state index >= 15 is 0 Å². The minimum Gasteiger partial charge on any atom is -0.395 e. The minimum atomic E-state index is 0.0633. The van der Waals surface area contributed by atoms with Gasteiger partial charge in [0, 0.05) is 38.8 Å². The number of nitrogens with one attached hydrogen (secondary N) is 1. The van der Waals surface area contributed by atoms with Crippen molar-refractivity contribution in [2.45, 2.75) is 26.3 Å². The zero-order chi connectivity index (χ0) is 15.2. The van der Waals surface area contributed by atoms with E-state index in [-0.39, 0.29) is 18.6 Å². The number of nitrogens with zero attached hydrogens (tertiary/aromatic N) is 3. The zero-order valence-electron chi connectivity index (χ0n) is 12.7. The van der Waals surface area contributed by atoms with E-state index in [0.717, 1.165) is 31.2 Å². The summed E-state index contributed by atoms with van der Waals surface area (Å²) in [5, 5.41) is 13.3. The van der Waals surface area contributed by atoms with Crippen molar-refractivity contribution in [1.82, 2.24) is 14.8 Å². The number of hydrogen-bond acceptors (Lipinski definition) is 6. The van der Waals surface area contributed by atoms with Crippen LogP contribution in [0.5, 0.6) is 0 Å². The molecule has 1 fully saturated rings. The zero-order valence-corrected chi connectivity index (χ0v) is 13.5. The van der Waals surface area contributed by atoms with Gasteiger partial charge < -0.3 is 15.3 Å². The van der Waals surface area contributed by atoms with Crippen LogP contribution in [-0.4, -0.2) is 71.2 Å². The van der Waals surface area contributed by atoms with E-state index < -0.39 is 0 Å². The van der Waals surface area contributed by atoms with E-state index in [4.69, 9.17) is 0 Å². The molecule has 0 aliphatic carbocycles. The topological polar surface area (TPSA) is 68.7 Å². The van der Waals surface area contributed by atoms with Crippen LogP contribution in [-0.2, 0) is 0 Å². The molecule has 2 rings (SSSR count). The number of thiazole rings is 1. The van der Waals surface area contributed by atoms with Crippen molar-refractivity contribution < 1.29 is 9.90 Å². The Balaban J connectivity index is 1.90. The highest BCUT2D eigenvalue weighted by Crippen LogP contribution is 2.20. The van der Waals surface area contributed by atoms with Gasteiger partial charge in [-0.2, -0.15) is 0 Å². The van der Waals surface area contributed by atoms with Crippen molar-refractivity contribution >= 4 is 22.4 Å². The van der Waals surface area contributed by atoms with E-state index in [9.17, 15) is 9.90 Å². The highest BCUT2D eigenvalue weighted by atomic mass is 32.1. The normalized spacial score (nSPS) is 17.8. The van der Waals surface area contributed by atoms with E-state index in [2.05, 4.69) is 22.1 Å². The lowest BCUT2D eigenvalue weighted by molar-refractivity contribution is 0.0476. The number of carbonyl (C=O) groups is 1. The molecule has 1 amide bonds. The standard InChI is InChI=1S/C14H24N4O2S/c1-3-11(10-19)17-5-7-18(8-6-17)13(20)12-9-16-14(21-12)15-4-2/h9,11,19H,3-8,10H2,1-2H3,(H,15,16)/t11-/m1/s1. The molecular weight excluding hydrogens is 288 g/mol. The Bertz CT molecular complexity index is 454. The maximum atomic E-state index is 12.4. The molecule has 1 atom stereocenters. The molecule has 0 radical (unpaired) electrons. The first-order valence-electron chi connectivity index (χ1n) is 7.53. The van der Waals surface area contributed by atoms with Gasteiger partial charge in [-0.05, 0) is 13.3 Å². The summed E-state index contributed by atoms with van der Waals surface area (Å²) < 4.78 is 0. The lowest BCUT2D eigenvalue weighted by Gasteiger charge is -2.38. The fourth-order valence-corrected chi connectivity index (χ4v) is 3.41. The van der Waals surface area contributed by atoms with Gasteiger partial charge in [0.2, 0.25) is 0 Å². The number of piperazine rings is 1. The smallest absolute Gasteiger partial charge is 0.265 e. The van der Waals surface area contributed by atoms with Gasteiger partial charge >= 0.3 is 0 Å². The van der Waals surface area contributed by atoms with Gasteiger partial charge in [0.05, 0.1) is 12.8 Å². The monoisotopic (exact) mass is 312 g/mol. The Labute approximate surface area is 129 Å². The fourth-order valence-electron chi connectivity index (χ4n) is 2.55. The second-order valence-electron chi connectivity index (χ2n) is 5.13. The van der Waals surface area contributed by atoms with Crippen LogP contribution < -0.4 is 5.32 Å². The predicted octanol–water partition coefficient (Wildman–Crippen LogP) is 1.10. The summed E-state index contributed by atoms with van der Waals surface area (Å²) >= 11 is 1.41. The van der Waals surface area contributed by atoms with E-state index in [1.165, 1.54) is 11.3 Å². The van der Waals surface area contributed by atoms with E-state index in [1.54, 1.807) is 6.20 Å². The summed E-state index contributed by atoms with van der Waals surface area (Å²) in [5.41, 5.74) is 0. The van der Waals surface area contributed by atoms with Gasteiger partial charge in [-0.1, -0.05) is 18.3 Å². The summed E-state index contributed by atoms with van der Waals surface area (Å²) in [7, 11) is 0. The molecule has 1 saturated heterocycles. The lowest BCUT2D eigenvalue weighted by atomic mass is 10.1. The molecule has 1 aromatic rings. The van der Waals surface area contributed by atoms with Crippen LogP contribution in [0.2, 0.25) is 0 Å². The molecule has 118 valence electrons. The van der Waals surface area contributed by atoms with Gasteiger partial charge in [-0.3, -0.25) is 9.69 Å². The average molecular weight is 312 g/mol. The van der Waals surface area contributed by atoms with Crippen molar-refractivity contribution in [2.75, 3.05) is 44.6 Å². The molecule has 21 heavy (non-hydrogen) atoms. The van der Waals surface area contributed by atoms with Crippen LogP contribution in [0.15, 0.2) is 6.20 Å². The van der Waals surface area contributed by atoms with Gasteiger partial charge in [0.25, 0.3) is 5.91 Å². The van der Waals surface area contributed by atoms with Gasteiger partial charge in [0.1, 0.15) is 4.88 Å². The number of rotatable bonds is 6. The van der Waals surface area contributed by atoms with Crippen molar-refractivity contribution in [2.24, 2.45) is 0 Å². The largest absolute Gasteiger partial charge is 0.395 e. The van der Waals surface area contributed by atoms with Gasteiger partial charge in [-0.25, -0.2) is 4.98 Å². The number of aliphatic hydroxyl groups is 1. The number of aromatic nitrogens is 1. The molecule has 0 spiro atoms. The number of carbonyl (C=O) groups excluding carboxylic acids is 1. The Morgan fingerprint density at radius 1 is 1.43 bits per heavy atom. The SMILES string of the molecule is CCNc1ncc(C(=O)N2CCN([C@H](CC)CO)CC2)s1. The van der Waals surface area contributed by atoms with Crippen molar-refractivity contribution in [3.8, 4) is 0 Å². The summed E-state index contributed by atoms with van der Waals surface area (Å²) in [5.74, 6) is 0.0633. The van der Waals surface area contributed by atoms with Crippen LogP contribution in [0, 0.1) is 0 Å². The van der Waals surface area contributed by atoms with Crippen molar-refractivity contribution in [3.63, 3.8) is 0 Å². The molecule has 2 heterocycles. The van der Waals surface area contributed by atoms with Crippen LogP contribution >= 0.6 is 11.3 Å². The second kappa shape index (κ2) is 7.72. The molecule has 1 aromatic heterocycles. The van der Waals surface area contributed by atoms with E-state index in [1.807, 2.05) is 11.8 Å². The molecule has 0 saturated carbocycles. The summed E-state index contributed by atoms with van der Waals surface area (Å²) in [6.45, 7) is 8.15. The van der Waals surface area contributed by atoms with Crippen LogP contribution in [0.3, 0.4) is 0 Å². The molecule has 0 aromatic carbocycles. The molecule has 2 N–H and O–H groups in total. The quantitative estimate of drug-likeness (QED) is 0.823. The molecule has 6 nitrogen and oxygen atoms in total. The van der Waals surface area contributed by atoms with Gasteiger partial charge in [-0.15, -0.1) is 0 Å². The number of hydrogen-bond donors (Lipinski definition) is 2. The van der Waals surface area contributed by atoms with Gasteiger partial charge in [0.15, 0.2) is 5.13 Å². The maximum absolute atomic E-state index is 12.4. The molecule has 7 heteroatoms. The number of amides is 1. The van der Waals surface area contributed by atoms with Crippen LogP contribution in [0.1, 0.15) is 29.9 Å².